The Kier molecular flexibility index (Phi) is 4.85. The molecule has 0 spiro atoms. The van der Waals surface area contributed by atoms with Gasteiger partial charge in [0.15, 0.2) is 0 Å². The molecule has 0 aromatic heterocycles. The van der Waals surface area contributed by atoms with Crippen LogP contribution in [0.15, 0.2) is 42.5 Å². The number of benzene rings is 2. The molecule has 0 bridgehead atoms. The summed E-state index contributed by atoms with van der Waals surface area (Å²) in [6.07, 6.45) is 1.98. The number of hydrogen-bond donors (Lipinski definition) is 1. The van der Waals surface area contributed by atoms with Gasteiger partial charge in [0.05, 0.1) is 0 Å². The molecule has 0 saturated heterocycles. The molecule has 1 nitrogen and oxygen atoms in total. The van der Waals surface area contributed by atoms with Crippen molar-refractivity contribution < 1.29 is 8.78 Å². The standard InChI is InChI=1S/C17H19F2N/c1-2-12(7-8-20)13-3-5-14(6-4-13)15-9-16(18)11-17(19)10-15/h3-6,9-12H,2,7-8,20H2,1H3. The lowest BCUT2D eigenvalue weighted by Crippen LogP contribution is -2.06. The molecule has 0 aliphatic rings. The van der Waals surface area contributed by atoms with Gasteiger partial charge in [0.1, 0.15) is 11.6 Å². The zero-order valence-corrected chi connectivity index (χ0v) is 11.6. The van der Waals surface area contributed by atoms with Crippen LogP contribution >= 0.6 is 0 Å². The topological polar surface area (TPSA) is 26.0 Å². The van der Waals surface area contributed by atoms with Crippen LogP contribution in [0.25, 0.3) is 11.1 Å². The quantitative estimate of drug-likeness (QED) is 0.855. The predicted molar refractivity (Wildman–Crippen MR) is 78.5 cm³/mol. The third-order valence-electron chi connectivity index (χ3n) is 3.59. The van der Waals surface area contributed by atoms with E-state index < -0.39 is 11.6 Å². The number of hydrogen-bond acceptors (Lipinski definition) is 1. The highest BCUT2D eigenvalue weighted by molar-refractivity contribution is 5.63. The summed E-state index contributed by atoms with van der Waals surface area (Å²) in [6.45, 7) is 2.80. The molecule has 2 aromatic rings. The Morgan fingerprint density at radius 1 is 0.950 bits per heavy atom. The normalized spacial score (nSPS) is 12.4. The summed E-state index contributed by atoms with van der Waals surface area (Å²) in [7, 11) is 0. The summed E-state index contributed by atoms with van der Waals surface area (Å²) >= 11 is 0. The van der Waals surface area contributed by atoms with Crippen molar-refractivity contribution in [3.05, 3.63) is 59.7 Å². The maximum atomic E-state index is 13.2. The lowest BCUT2D eigenvalue weighted by Gasteiger charge is -2.14. The third kappa shape index (κ3) is 3.42. The Labute approximate surface area is 118 Å². The van der Waals surface area contributed by atoms with E-state index >= 15 is 0 Å². The zero-order valence-electron chi connectivity index (χ0n) is 11.6. The van der Waals surface area contributed by atoms with E-state index in [-0.39, 0.29) is 0 Å². The molecule has 2 N–H and O–H groups in total. The molecule has 2 aromatic carbocycles. The Morgan fingerprint density at radius 2 is 1.55 bits per heavy atom. The van der Waals surface area contributed by atoms with Gasteiger partial charge in [-0.2, -0.15) is 0 Å². The summed E-state index contributed by atoms with van der Waals surface area (Å²) in [5.74, 6) is -0.671. The number of nitrogens with two attached hydrogens (primary N) is 1. The molecule has 0 heterocycles. The summed E-state index contributed by atoms with van der Waals surface area (Å²) in [5, 5.41) is 0. The first-order valence-corrected chi connectivity index (χ1v) is 6.90. The molecule has 0 amide bonds. The minimum absolute atomic E-state index is 0.443. The van der Waals surface area contributed by atoms with Crippen LogP contribution in [-0.2, 0) is 0 Å². The minimum Gasteiger partial charge on any atom is -0.330 e. The van der Waals surface area contributed by atoms with E-state index in [1.165, 1.54) is 17.7 Å². The van der Waals surface area contributed by atoms with Crippen LogP contribution in [0, 0.1) is 11.6 Å². The highest BCUT2D eigenvalue weighted by Crippen LogP contribution is 2.27. The van der Waals surface area contributed by atoms with Gasteiger partial charge in [0.25, 0.3) is 0 Å². The van der Waals surface area contributed by atoms with Gasteiger partial charge in [-0.05, 0) is 54.1 Å². The highest BCUT2D eigenvalue weighted by Gasteiger charge is 2.09. The van der Waals surface area contributed by atoms with Crippen molar-refractivity contribution >= 4 is 0 Å². The second-order valence-electron chi connectivity index (χ2n) is 4.96. The monoisotopic (exact) mass is 275 g/mol. The summed E-state index contributed by atoms with van der Waals surface area (Å²) < 4.78 is 26.4. The van der Waals surface area contributed by atoms with Crippen LogP contribution in [-0.4, -0.2) is 6.54 Å². The van der Waals surface area contributed by atoms with Crippen molar-refractivity contribution in [2.24, 2.45) is 5.73 Å². The van der Waals surface area contributed by atoms with Crippen LogP contribution < -0.4 is 5.73 Å². The lowest BCUT2D eigenvalue weighted by molar-refractivity contribution is 0.584. The Hall–Kier alpha value is -1.74. The molecule has 0 radical (unpaired) electrons. The van der Waals surface area contributed by atoms with E-state index in [2.05, 4.69) is 6.92 Å². The second kappa shape index (κ2) is 6.62. The Morgan fingerprint density at radius 3 is 2.05 bits per heavy atom. The largest absolute Gasteiger partial charge is 0.330 e. The van der Waals surface area contributed by atoms with Crippen molar-refractivity contribution in [3.8, 4) is 11.1 Å². The molecule has 2 rings (SSSR count). The maximum absolute atomic E-state index is 13.2. The van der Waals surface area contributed by atoms with Crippen molar-refractivity contribution in [3.63, 3.8) is 0 Å². The van der Waals surface area contributed by atoms with E-state index in [4.69, 9.17) is 5.73 Å². The SMILES string of the molecule is CCC(CCN)c1ccc(-c2cc(F)cc(F)c2)cc1. The fraction of sp³-hybridized carbons (Fsp3) is 0.294. The molecule has 1 unspecified atom stereocenters. The van der Waals surface area contributed by atoms with Gasteiger partial charge >= 0.3 is 0 Å². The zero-order chi connectivity index (χ0) is 14.5. The number of rotatable bonds is 5. The molecule has 0 fully saturated rings. The molecular formula is C17H19F2N. The maximum Gasteiger partial charge on any atom is 0.126 e. The van der Waals surface area contributed by atoms with Gasteiger partial charge in [-0.15, -0.1) is 0 Å². The van der Waals surface area contributed by atoms with Crippen molar-refractivity contribution in [1.29, 1.82) is 0 Å². The number of halogens is 2. The van der Waals surface area contributed by atoms with Crippen LogP contribution in [0.4, 0.5) is 8.78 Å². The van der Waals surface area contributed by atoms with Crippen LogP contribution in [0.5, 0.6) is 0 Å². The molecule has 20 heavy (non-hydrogen) atoms. The summed E-state index contributed by atoms with van der Waals surface area (Å²) in [6, 6.07) is 11.4. The Balaban J connectivity index is 2.27. The van der Waals surface area contributed by atoms with E-state index in [1.807, 2.05) is 24.3 Å². The molecule has 0 saturated carbocycles. The van der Waals surface area contributed by atoms with Gasteiger partial charge in [-0.3, -0.25) is 0 Å². The van der Waals surface area contributed by atoms with E-state index in [1.54, 1.807) is 0 Å². The Bertz CT molecular complexity index is 543. The minimum atomic E-state index is -0.557. The first-order valence-electron chi connectivity index (χ1n) is 6.90. The van der Waals surface area contributed by atoms with Gasteiger partial charge in [-0.25, -0.2) is 8.78 Å². The second-order valence-corrected chi connectivity index (χ2v) is 4.96. The molecule has 106 valence electrons. The van der Waals surface area contributed by atoms with Crippen molar-refractivity contribution in [2.45, 2.75) is 25.7 Å². The summed E-state index contributed by atoms with van der Waals surface area (Å²) in [5.41, 5.74) is 8.21. The van der Waals surface area contributed by atoms with Crippen molar-refractivity contribution in [2.75, 3.05) is 6.54 Å². The van der Waals surface area contributed by atoms with E-state index in [0.29, 0.717) is 18.0 Å². The van der Waals surface area contributed by atoms with Gasteiger partial charge in [-0.1, -0.05) is 31.2 Å². The first-order chi connectivity index (χ1) is 9.63. The average Bonchev–Trinajstić information content (AvgIpc) is 2.44. The molecular weight excluding hydrogens is 256 g/mol. The van der Waals surface area contributed by atoms with Crippen LogP contribution in [0.1, 0.15) is 31.2 Å². The highest BCUT2D eigenvalue weighted by atomic mass is 19.1. The third-order valence-corrected chi connectivity index (χ3v) is 3.59. The van der Waals surface area contributed by atoms with Gasteiger partial charge in [0, 0.05) is 6.07 Å². The first kappa shape index (κ1) is 14.7. The fourth-order valence-electron chi connectivity index (χ4n) is 2.48. The predicted octanol–water partition coefficient (Wildman–Crippen LogP) is 4.47. The van der Waals surface area contributed by atoms with Crippen molar-refractivity contribution in [1.82, 2.24) is 0 Å². The van der Waals surface area contributed by atoms with Crippen LogP contribution in [0.3, 0.4) is 0 Å². The van der Waals surface area contributed by atoms with Crippen LogP contribution in [0.2, 0.25) is 0 Å². The molecule has 0 aliphatic carbocycles. The van der Waals surface area contributed by atoms with Gasteiger partial charge in [0.2, 0.25) is 0 Å². The molecule has 0 aliphatic heterocycles. The molecule has 3 heteroatoms. The summed E-state index contributed by atoms with van der Waals surface area (Å²) in [4.78, 5) is 0. The van der Waals surface area contributed by atoms with E-state index in [0.717, 1.165) is 24.5 Å². The lowest BCUT2D eigenvalue weighted by atomic mass is 9.92. The fourth-order valence-corrected chi connectivity index (χ4v) is 2.48. The average molecular weight is 275 g/mol. The molecule has 1 atom stereocenters. The van der Waals surface area contributed by atoms with Gasteiger partial charge < -0.3 is 5.73 Å². The smallest absolute Gasteiger partial charge is 0.126 e. The van der Waals surface area contributed by atoms with E-state index in [9.17, 15) is 8.78 Å².